The summed E-state index contributed by atoms with van der Waals surface area (Å²) in [4.78, 5) is 0. The molecule has 0 unspecified atom stereocenters. The molecule has 2 rings (SSSR count). The highest BCUT2D eigenvalue weighted by Crippen LogP contribution is 2.31. The third-order valence-corrected chi connectivity index (χ3v) is 3.45. The summed E-state index contributed by atoms with van der Waals surface area (Å²) in [5.74, 6) is 1.30. The summed E-state index contributed by atoms with van der Waals surface area (Å²) < 4.78 is 5.73. The molecule has 0 radical (unpaired) electrons. The second kappa shape index (κ2) is 6.98. The van der Waals surface area contributed by atoms with E-state index in [4.69, 9.17) is 27.9 Å². The fourth-order valence-corrected chi connectivity index (χ4v) is 2.12. The molecule has 0 fully saturated rings. The molecule has 0 saturated carbocycles. The summed E-state index contributed by atoms with van der Waals surface area (Å²) in [6, 6.07) is 13.4. The van der Waals surface area contributed by atoms with Crippen LogP contribution in [0.4, 0.5) is 0 Å². The summed E-state index contributed by atoms with van der Waals surface area (Å²) in [5.41, 5.74) is 1.05. The third-order valence-electron chi connectivity index (χ3n) is 2.79. The smallest absolute Gasteiger partial charge is 0.146 e. The number of rotatable bonds is 5. The first-order chi connectivity index (χ1) is 9.56. The molecule has 20 heavy (non-hydrogen) atoms. The Hall–Kier alpha value is -1.22. The molecule has 0 aliphatic rings. The molecule has 106 valence electrons. The lowest BCUT2D eigenvalue weighted by Crippen LogP contribution is -2.21. The highest BCUT2D eigenvalue weighted by Gasteiger charge is 2.06. The molecule has 1 N–H and O–H groups in total. The van der Waals surface area contributed by atoms with Gasteiger partial charge in [0.15, 0.2) is 0 Å². The Balaban J connectivity index is 2.11. The topological polar surface area (TPSA) is 21.3 Å². The number of hydrogen-bond acceptors (Lipinski definition) is 2. The van der Waals surface area contributed by atoms with Crippen LogP contribution in [0.25, 0.3) is 0 Å². The van der Waals surface area contributed by atoms with Crippen molar-refractivity contribution >= 4 is 23.2 Å². The molecule has 0 spiro atoms. The molecular weight excluding hydrogens is 293 g/mol. The van der Waals surface area contributed by atoms with Crippen LogP contribution in [0.5, 0.6) is 11.5 Å². The molecule has 0 aliphatic carbocycles. The fourth-order valence-electron chi connectivity index (χ4n) is 1.70. The predicted molar refractivity (Wildman–Crippen MR) is 85.0 cm³/mol. The lowest BCUT2D eigenvalue weighted by Gasteiger charge is -2.12. The molecule has 0 heterocycles. The molecular formula is C16H17Cl2NO. The van der Waals surface area contributed by atoms with E-state index < -0.39 is 0 Å². The second-order valence-corrected chi connectivity index (χ2v) is 5.64. The van der Waals surface area contributed by atoms with Crippen molar-refractivity contribution in [1.82, 2.24) is 5.32 Å². The van der Waals surface area contributed by atoms with Crippen LogP contribution in [0.15, 0.2) is 42.5 Å². The monoisotopic (exact) mass is 309 g/mol. The summed E-state index contributed by atoms with van der Waals surface area (Å²) in [5, 5.41) is 4.60. The van der Waals surface area contributed by atoms with Gasteiger partial charge in [0.25, 0.3) is 0 Å². The minimum atomic E-state index is 0.421. The van der Waals surface area contributed by atoms with Crippen molar-refractivity contribution in [2.45, 2.75) is 26.4 Å². The van der Waals surface area contributed by atoms with E-state index in [0.717, 1.165) is 12.1 Å². The highest BCUT2D eigenvalue weighted by atomic mass is 35.5. The van der Waals surface area contributed by atoms with Crippen LogP contribution >= 0.6 is 23.2 Å². The first kappa shape index (κ1) is 15.2. The maximum Gasteiger partial charge on any atom is 0.146 e. The van der Waals surface area contributed by atoms with Gasteiger partial charge in [0, 0.05) is 17.6 Å². The van der Waals surface area contributed by atoms with Crippen molar-refractivity contribution in [3.8, 4) is 11.5 Å². The molecule has 0 amide bonds. The predicted octanol–water partition coefficient (Wildman–Crippen LogP) is 5.28. The van der Waals surface area contributed by atoms with Crippen molar-refractivity contribution < 1.29 is 4.74 Å². The maximum atomic E-state index is 6.27. The summed E-state index contributed by atoms with van der Waals surface area (Å²) in [6.45, 7) is 4.94. The average Bonchev–Trinajstić information content (AvgIpc) is 2.40. The largest absolute Gasteiger partial charge is 0.456 e. The van der Waals surface area contributed by atoms with E-state index in [2.05, 4.69) is 19.2 Å². The van der Waals surface area contributed by atoms with Gasteiger partial charge < -0.3 is 10.1 Å². The van der Waals surface area contributed by atoms with Crippen LogP contribution in [0, 0.1) is 0 Å². The molecule has 0 saturated heterocycles. The van der Waals surface area contributed by atoms with Crippen LogP contribution in [0.2, 0.25) is 10.0 Å². The van der Waals surface area contributed by atoms with E-state index in [1.807, 2.05) is 36.4 Å². The molecule has 0 atom stereocenters. The Morgan fingerprint density at radius 2 is 1.80 bits per heavy atom. The van der Waals surface area contributed by atoms with Gasteiger partial charge in [0.2, 0.25) is 0 Å². The molecule has 0 aliphatic heterocycles. The SMILES string of the molecule is CC(C)NCc1ccc(Oc2ccccc2Cl)cc1Cl. The molecule has 2 aromatic carbocycles. The molecule has 2 aromatic rings. The number of halogens is 2. The van der Waals surface area contributed by atoms with E-state index >= 15 is 0 Å². The molecule has 4 heteroatoms. The number of benzene rings is 2. The second-order valence-electron chi connectivity index (χ2n) is 4.82. The summed E-state index contributed by atoms with van der Waals surface area (Å²) in [7, 11) is 0. The zero-order chi connectivity index (χ0) is 14.5. The Bertz CT molecular complexity index is 584. The van der Waals surface area contributed by atoms with Gasteiger partial charge in [-0.15, -0.1) is 0 Å². The zero-order valence-corrected chi connectivity index (χ0v) is 13.0. The van der Waals surface area contributed by atoms with Crippen LogP contribution in [0.1, 0.15) is 19.4 Å². The van der Waals surface area contributed by atoms with Gasteiger partial charge in [-0.25, -0.2) is 0 Å². The summed E-state index contributed by atoms with van der Waals surface area (Å²) in [6.07, 6.45) is 0. The Morgan fingerprint density at radius 1 is 1.05 bits per heavy atom. The summed E-state index contributed by atoms with van der Waals surface area (Å²) >= 11 is 12.3. The van der Waals surface area contributed by atoms with Crippen LogP contribution in [-0.2, 0) is 6.54 Å². The quantitative estimate of drug-likeness (QED) is 0.811. The van der Waals surface area contributed by atoms with Crippen molar-refractivity contribution in [3.63, 3.8) is 0 Å². The molecule has 2 nitrogen and oxygen atoms in total. The Kier molecular flexibility index (Phi) is 5.30. The van der Waals surface area contributed by atoms with Crippen molar-refractivity contribution in [2.75, 3.05) is 0 Å². The van der Waals surface area contributed by atoms with Gasteiger partial charge in [-0.05, 0) is 29.8 Å². The van der Waals surface area contributed by atoms with E-state index in [-0.39, 0.29) is 0 Å². The normalized spacial score (nSPS) is 10.8. The van der Waals surface area contributed by atoms with Crippen LogP contribution in [-0.4, -0.2) is 6.04 Å². The Labute approximate surface area is 129 Å². The van der Waals surface area contributed by atoms with E-state index in [1.54, 1.807) is 6.07 Å². The maximum absolute atomic E-state index is 6.27. The van der Waals surface area contributed by atoms with Crippen molar-refractivity contribution in [1.29, 1.82) is 0 Å². The number of hydrogen-bond donors (Lipinski definition) is 1. The standard InChI is InChI=1S/C16H17Cl2NO/c1-11(2)19-10-12-7-8-13(9-15(12)18)20-16-6-4-3-5-14(16)17/h3-9,11,19H,10H2,1-2H3. The molecule has 0 aromatic heterocycles. The van der Waals surface area contributed by atoms with Gasteiger partial charge in [-0.2, -0.15) is 0 Å². The van der Waals surface area contributed by atoms with Gasteiger partial charge >= 0.3 is 0 Å². The first-order valence-corrected chi connectivity index (χ1v) is 7.26. The van der Waals surface area contributed by atoms with Gasteiger partial charge in [-0.3, -0.25) is 0 Å². The zero-order valence-electron chi connectivity index (χ0n) is 11.5. The van der Waals surface area contributed by atoms with E-state index in [0.29, 0.717) is 27.6 Å². The number of para-hydroxylation sites is 1. The van der Waals surface area contributed by atoms with Gasteiger partial charge in [0.05, 0.1) is 5.02 Å². The van der Waals surface area contributed by atoms with Gasteiger partial charge in [-0.1, -0.05) is 55.2 Å². The number of nitrogens with one attached hydrogen (secondary N) is 1. The lowest BCUT2D eigenvalue weighted by atomic mass is 10.2. The third kappa shape index (κ3) is 4.14. The lowest BCUT2D eigenvalue weighted by molar-refractivity contribution is 0.482. The average molecular weight is 310 g/mol. The minimum absolute atomic E-state index is 0.421. The van der Waals surface area contributed by atoms with E-state index in [9.17, 15) is 0 Å². The van der Waals surface area contributed by atoms with Crippen LogP contribution < -0.4 is 10.1 Å². The van der Waals surface area contributed by atoms with E-state index in [1.165, 1.54) is 0 Å². The Morgan fingerprint density at radius 3 is 2.45 bits per heavy atom. The number of ether oxygens (including phenoxy) is 1. The van der Waals surface area contributed by atoms with Crippen LogP contribution in [0.3, 0.4) is 0 Å². The minimum Gasteiger partial charge on any atom is -0.456 e. The fraction of sp³-hybridized carbons (Fsp3) is 0.250. The molecule has 0 bridgehead atoms. The highest BCUT2D eigenvalue weighted by molar-refractivity contribution is 6.32. The van der Waals surface area contributed by atoms with Crippen molar-refractivity contribution in [3.05, 3.63) is 58.1 Å². The van der Waals surface area contributed by atoms with Crippen molar-refractivity contribution in [2.24, 2.45) is 0 Å². The van der Waals surface area contributed by atoms with Gasteiger partial charge in [0.1, 0.15) is 11.5 Å². The first-order valence-electron chi connectivity index (χ1n) is 6.50.